The van der Waals surface area contributed by atoms with E-state index in [0.717, 1.165) is 56.7 Å². The number of aromatic nitrogens is 3. The molecule has 0 bridgehead atoms. The van der Waals surface area contributed by atoms with Crippen LogP contribution in [0.3, 0.4) is 0 Å². The maximum absolute atomic E-state index is 12.3. The second-order valence-corrected chi connectivity index (χ2v) is 7.41. The fourth-order valence-electron chi connectivity index (χ4n) is 3.49. The van der Waals surface area contributed by atoms with Crippen molar-refractivity contribution in [1.82, 2.24) is 20.5 Å². The van der Waals surface area contributed by atoms with Crippen molar-refractivity contribution in [2.75, 3.05) is 42.5 Å². The first-order valence-electron chi connectivity index (χ1n) is 9.73. The fourth-order valence-corrected chi connectivity index (χ4v) is 3.49. The van der Waals surface area contributed by atoms with Crippen LogP contribution < -0.4 is 15.1 Å². The summed E-state index contributed by atoms with van der Waals surface area (Å²) in [5.41, 5.74) is 1.77. The normalized spacial score (nSPS) is 17.1. The number of piperazine rings is 1. The van der Waals surface area contributed by atoms with Gasteiger partial charge in [0.1, 0.15) is 5.82 Å². The number of hydrogen-bond donors (Lipinski definition) is 1. The Morgan fingerprint density at radius 3 is 2.74 bits per heavy atom. The van der Waals surface area contributed by atoms with Crippen LogP contribution in [0.1, 0.15) is 35.2 Å². The summed E-state index contributed by atoms with van der Waals surface area (Å²) in [7, 11) is 0. The first-order valence-corrected chi connectivity index (χ1v) is 9.73. The molecule has 1 N–H and O–H groups in total. The zero-order valence-electron chi connectivity index (χ0n) is 15.8. The van der Waals surface area contributed by atoms with Crippen molar-refractivity contribution in [3.8, 4) is 0 Å². The van der Waals surface area contributed by atoms with E-state index < -0.39 is 0 Å². The standard InChI is InChI=1S/C20H26N6O/c1-15-3-2-7-21-19(15)26-11-9-25(10-12-26)18-13-17(14-23-24-18)20(27)22-8-6-16-4-5-16/h2-3,7,13-14,16H,4-6,8-12H2,1H3,(H,22,27). The minimum absolute atomic E-state index is 0.0606. The van der Waals surface area contributed by atoms with Gasteiger partial charge in [0, 0.05) is 38.9 Å². The van der Waals surface area contributed by atoms with Crippen molar-refractivity contribution in [2.45, 2.75) is 26.2 Å². The molecule has 27 heavy (non-hydrogen) atoms. The highest BCUT2D eigenvalue weighted by Gasteiger charge is 2.22. The number of nitrogens with one attached hydrogen (secondary N) is 1. The summed E-state index contributed by atoms with van der Waals surface area (Å²) in [4.78, 5) is 21.3. The summed E-state index contributed by atoms with van der Waals surface area (Å²) in [6.45, 7) is 6.23. The van der Waals surface area contributed by atoms with E-state index in [4.69, 9.17) is 0 Å². The highest BCUT2D eigenvalue weighted by atomic mass is 16.1. The minimum Gasteiger partial charge on any atom is -0.353 e. The molecule has 2 aromatic rings. The van der Waals surface area contributed by atoms with Gasteiger partial charge in [0.15, 0.2) is 5.82 Å². The quantitative estimate of drug-likeness (QED) is 0.843. The molecule has 0 spiro atoms. The molecule has 0 aromatic carbocycles. The SMILES string of the molecule is Cc1cccnc1N1CCN(c2cc(C(=O)NCCC3CC3)cnn2)CC1. The molecule has 4 rings (SSSR count). The number of rotatable bonds is 6. The molecule has 0 unspecified atom stereocenters. The minimum atomic E-state index is -0.0606. The van der Waals surface area contributed by atoms with E-state index in [1.807, 2.05) is 18.3 Å². The van der Waals surface area contributed by atoms with Crippen LogP contribution in [0.4, 0.5) is 11.6 Å². The average molecular weight is 366 g/mol. The summed E-state index contributed by atoms with van der Waals surface area (Å²) in [6, 6.07) is 5.90. The highest BCUT2D eigenvalue weighted by molar-refractivity contribution is 5.94. The zero-order chi connectivity index (χ0) is 18.6. The monoisotopic (exact) mass is 366 g/mol. The number of hydrogen-bond acceptors (Lipinski definition) is 6. The zero-order valence-corrected chi connectivity index (χ0v) is 15.8. The molecule has 3 heterocycles. The Balaban J connectivity index is 1.35. The van der Waals surface area contributed by atoms with Gasteiger partial charge in [-0.15, -0.1) is 5.10 Å². The molecule has 1 amide bonds. The maximum Gasteiger partial charge on any atom is 0.253 e. The van der Waals surface area contributed by atoms with E-state index in [-0.39, 0.29) is 5.91 Å². The van der Waals surface area contributed by atoms with Gasteiger partial charge in [-0.05, 0) is 37.0 Å². The Hall–Kier alpha value is -2.70. The molecule has 1 saturated carbocycles. The smallest absolute Gasteiger partial charge is 0.253 e. The van der Waals surface area contributed by atoms with Crippen LogP contribution in [0.25, 0.3) is 0 Å². The number of amides is 1. The van der Waals surface area contributed by atoms with E-state index >= 15 is 0 Å². The molecule has 7 heteroatoms. The van der Waals surface area contributed by atoms with Gasteiger partial charge in [0.25, 0.3) is 5.91 Å². The third-order valence-corrected chi connectivity index (χ3v) is 5.32. The molecule has 0 radical (unpaired) electrons. The first kappa shape index (κ1) is 17.7. The molecule has 1 aliphatic heterocycles. The Labute approximate surface area is 159 Å². The Morgan fingerprint density at radius 2 is 2.00 bits per heavy atom. The van der Waals surface area contributed by atoms with Gasteiger partial charge in [0.2, 0.25) is 0 Å². The van der Waals surface area contributed by atoms with Crippen molar-refractivity contribution < 1.29 is 4.79 Å². The molecule has 2 aromatic heterocycles. The van der Waals surface area contributed by atoms with Gasteiger partial charge in [-0.1, -0.05) is 18.9 Å². The van der Waals surface area contributed by atoms with Crippen molar-refractivity contribution in [1.29, 1.82) is 0 Å². The molecular formula is C20H26N6O. The molecule has 2 aliphatic rings. The van der Waals surface area contributed by atoms with Crippen molar-refractivity contribution in [2.24, 2.45) is 5.92 Å². The lowest BCUT2D eigenvalue weighted by Gasteiger charge is -2.36. The van der Waals surface area contributed by atoms with Gasteiger partial charge in [-0.2, -0.15) is 5.10 Å². The second-order valence-electron chi connectivity index (χ2n) is 7.41. The molecule has 7 nitrogen and oxygen atoms in total. The number of carbonyl (C=O) groups is 1. The Kier molecular flexibility index (Phi) is 5.18. The van der Waals surface area contributed by atoms with E-state index in [0.29, 0.717) is 5.56 Å². The van der Waals surface area contributed by atoms with Gasteiger partial charge in [-0.25, -0.2) is 4.98 Å². The predicted octanol–water partition coefficient (Wildman–Crippen LogP) is 2.04. The topological polar surface area (TPSA) is 74.2 Å². The first-order chi connectivity index (χ1) is 13.2. The van der Waals surface area contributed by atoms with E-state index in [2.05, 4.69) is 43.3 Å². The number of aryl methyl sites for hydroxylation is 1. The Bertz CT molecular complexity index is 799. The van der Waals surface area contributed by atoms with Crippen LogP contribution in [0, 0.1) is 12.8 Å². The van der Waals surface area contributed by atoms with Gasteiger partial charge in [0.05, 0.1) is 11.8 Å². The molecule has 2 fully saturated rings. The number of carbonyl (C=O) groups excluding carboxylic acids is 1. The predicted molar refractivity (Wildman–Crippen MR) is 105 cm³/mol. The number of nitrogens with zero attached hydrogens (tertiary/aromatic N) is 5. The highest BCUT2D eigenvalue weighted by Crippen LogP contribution is 2.31. The molecular weight excluding hydrogens is 340 g/mol. The van der Waals surface area contributed by atoms with E-state index in [1.165, 1.54) is 18.4 Å². The summed E-state index contributed by atoms with van der Waals surface area (Å²) in [6.07, 6.45) is 7.07. The lowest BCUT2D eigenvalue weighted by molar-refractivity contribution is 0.0952. The molecule has 142 valence electrons. The lowest BCUT2D eigenvalue weighted by Crippen LogP contribution is -2.47. The summed E-state index contributed by atoms with van der Waals surface area (Å²) in [5, 5.41) is 11.3. The summed E-state index contributed by atoms with van der Waals surface area (Å²) < 4.78 is 0. The van der Waals surface area contributed by atoms with Gasteiger partial charge in [-0.3, -0.25) is 4.79 Å². The van der Waals surface area contributed by atoms with E-state index in [9.17, 15) is 4.79 Å². The lowest BCUT2D eigenvalue weighted by atomic mass is 10.2. The number of pyridine rings is 1. The number of anilines is 2. The van der Waals surface area contributed by atoms with Crippen LogP contribution >= 0.6 is 0 Å². The summed E-state index contributed by atoms with van der Waals surface area (Å²) >= 11 is 0. The van der Waals surface area contributed by atoms with Crippen molar-refractivity contribution >= 4 is 17.5 Å². The molecule has 1 aliphatic carbocycles. The van der Waals surface area contributed by atoms with E-state index in [1.54, 1.807) is 6.20 Å². The van der Waals surface area contributed by atoms with Crippen LogP contribution in [-0.2, 0) is 0 Å². The van der Waals surface area contributed by atoms with Gasteiger partial charge >= 0.3 is 0 Å². The van der Waals surface area contributed by atoms with Crippen molar-refractivity contribution in [3.05, 3.63) is 41.7 Å². The molecule has 1 saturated heterocycles. The van der Waals surface area contributed by atoms with Gasteiger partial charge < -0.3 is 15.1 Å². The van der Waals surface area contributed by atoms with Crippen LogP contribution in [0.15, 0.2) is 30.6 Å². The van der Waals surface area contributed by atoms with Crippen LogP contribution in [-0.4, -0.2) is 53.8 Å². The maximum atomic E-state index is 12.3. The van der Waals surface area contributed by atoms with Crippen molar-refractivity contribution in [3.63, 3.8) is 0 Å². The Morgan fingerprint density at radius 1 is 1.22 bits per heavy atom. The van der Waals surface area contributed by atoms with Crippen LogP contribution in [0.5, 0.6) is 0 Å². The third-order valence-electron chi connectivity index (χ3n) is 5.32. The largest absolute Gasteiger partial charge is 0.353 e. The average Bonchev–Trinajstić information content (AvgIpc) is 3.53. The third kappa shape index (κ3) is 4.35. The van der Waals surface area contributed by atoms with Crippen LogP contribution in [0.2, 0.25) is 0 Å². The molecule has 0 atom stereocenters. The second kappa shape index (κ2) is 7.90. The fraction of sp³-hybridized carbons (Fsp3) is 0.500. The summed E-state index contributed by atoms with van der Waals surface area (Å²) in [5.74, 6) is 2.57.